The Morgan fingerprint density at radius 3 is 1.86 bits per heavy atom. The molecular formula is C22H33N3O3. The van der Waals surface area contributed by atoms with Crippen LogP contribution in [-0.4, -0.2) is 23.8 Å². The molecule has 1 aliphatic carbocycles. The van der Waals surface area contributed by atoms with E-state index in [1.54, 1.807) is 18.2 Å². The number of benzene rings is 1. The van der Waals surface area contributed by atoms with Gasteiger partial charge in [-0.15, -0.1) is 0 Å². The van der Waals surface area contributed by atoms with E-state index in [2.05, 4.69) is 36.7 Å². The van der Waals surface area contributed by atoms with Crippen molar-refractivity contribution in [2.45, 2.75) is 72.8 Å². The van der Waals surface area contributed by atoms with Crippen LogP contribution in [0.25, 0.3) is 0 Å². The van der Waals surface area contributed by atoms with Gasteiger partial charge >= 0.3 is 0 Å². The highest BCUT2D eigenvalue weighted by Crippen LogP contribution is 2.40. The molecule has 0 aliphatic heterocycles. The van der Waals surface area contributed by atoms with Crippen molar-refractivity contribution >= 4 is 29.1 Å². The Kier molecular flexibility index (Phi) is 7.22. The molecule has 1 aliphatic rings. The minimum absolute atomic E-state index is 0.157. The summed E-state index contributed by atoms with van der Waals surface area (Å²) in [5.41, 5.74) is 1.73. The van der Waals surface area contributed by atoms with Crippen LogP contribution in [0.4, 0.5) is 11.4 Å². The summed E-state index contributed by atoms with van der Waals surface area (Å²) in [6.45, 7) is 9.70. The lowest BCUT2D eigenvalue weighted by atomic mass is 9.69. The van der Waals surface area contributed by atoms with Crippen LogP contribution in [0.2, 0.25) is 0 Å². The van der Waals surface area contributed by atoms with E-state index in [4.69, 9.17) is 0 Å². The average molecular weight is 388 g/mol. The van der Waals surface area contributed by atoms with Gasteiger partial charge in [0.25, 0.3) is 5.91 Å². The van der Waals surface area contributed by atoms with Crippen molar-refractivity contribution in [1.82, 2.24) is 5.32 Å². The standard InChI is InChI=1S/C22H33N3O3/c1-6-22(4,5)17-7-9-18(10-8-17)25-21(28)16-11-19(23-14(2)26)13-20(12-16)24-15(3)27/h11-13,17-18H,6-10H2,1-5H3,(H,23,26)(H,24,27)(H,25,28). The largest absolute Gasteiger partial charge is 0.349 e. The first-order valence-corrected chi connectivity index (χ1v) is 10.1. The average Bonchev–Trinajstić information content (AvgIpc) is 2.60. The number of carbonyl (C=O) groups is 3. The first-order chi connectivity index (χ1) is 13.1. The molecule has 0 heterocycles. The van der Waals surface area contributed by atoms with E-state index in [0.29, 0.717) is 28.3 Å². The molecule has 1 aromatic carbocycles. The Bertz CT molecular complexity index is 700. The van der Waals surface area contributed by atoms with Crippen molar-refractivity contribution in [2.75, 3.05) is 10.6 Å². The van der Waals surface area contributed by atoms with Gasteiger partial charge in [0.15, 0.2) is 0 Å². The van der Waals surface area contributed by atoms with Crippen LogP contribution >= 0.6 is 0 Å². The molecule has 3 N–H and O–H groups in total. The zero-order valence-electron chi connectivity index (χ0n) is 17.6. The Balaban J connectivity index is 2.07. The maximum absolute atomic E-state index is 12.8. The summed E-state index contributed by atoms with van der Waals surface area (Å²) in [4.78, 5) is 35.6. The summed E-state index contributed by atoms with van der Waals surface area (Å²) >= 11 is 0. The van der Waals surface area contributed by atoms with Gasteiger partial charge in [0, 0.05) is 36.8 Å². The van der Waals surface area contributed by atoms with Crippen molar-refractivity contribution in [3.05, 3.63) is 23.8 Å². The van der Waals surface area contributed by atoms with Gasteiger partial charge in [0.05, 0.1) is 0 Å². The molecule has 0 unspecified atom stereocenters. The number of anilines is 2. The van der Waals surface area contributed by atoms with E-state index in [1.807, 2.05) is 0 Å². The van der Waals surface area contributed by atoms with Gasteiger partial charge in [-0.25, -0.2) is 0 Å². The lowest BCUT2D eigenvalue weighted by molar-refractivity contribution is -0.115. The summed E-state index contributed by atoms with van der Waals surface area (Å²) in [5, 5.41) is 8.47. The minimum atomic E-state index is -0.233. The highest BCUT2D eigenvalue weighted by Gasteiger charge is 2.32. The summed E-state index contributed by atoms with van der Waals surface area (Å²) in [7, 11) is 0. The van der Waals surface area contributed by atoms with E-state index in [-0.39, 0.29) is 23.8 Å². The van der Waals surface area contributed by atoms with Gasteiger partial charge < -0.3 is 16.0 Å². The SMILES string of the molecule is CCC(C)(C)C1CCC(NC(=O)c2cc(NC(C)=O)cc(NC(C)=O)c2)CC1. The van der Waals surface area contributed by atoms with Crippen LogP contribution in [0.15, 0.2) is 18.2 Å². The van der Waals surface area contributed by atoms with E-state index in [1.165, 1.54) is 13.8 Å². The molecule has 0 bridgehead atoms. The van der Waals surface area contributed by atoms with Crippen molar-refractivity contribution in [2.24, 2.45) is 11.3 Å². The summed E-state index contributed by atoms with van der Waals surface area (Å²) in [5.74, 6) is 0.0449. The number of hydrogen-bond acceptors (Lipinski definition) is 3. The molecule has 154 valence electrons. The molecule has 0 spiro atoms. The van der Waals surface area contributed by atoms with Crippen molar-refractivity contribution in [3.63, 3.8) is 0 Å². The number of rotatable bonds is 6. The fraction of sp³-hybridized carbons (Fsp3) is 0.591. The van der Waals surface area contributed by atoms with Gasteiger partial charge in [-0.05, 0) is 55.2 Å². The molecule has 0 aromatic heterocycles. The maximum atomic E-state index is 12.8. The molecule has 28 heavy (non-hydrogen) atoms. The topological polar surface area (TPSA) is 87.3 Å². The lowest BCUT2D eigenvalue weighted by Gasteiger charge is -2.39. The van der Waals surface area contributed by atoms with Crippen LogP contribution in [-0.2, 0) is 9.59 Å². The normalized spacial score (nSPS) is 19.6. The fourth-order valence-corrected chi connectivity index (χ4v) is 3.89. The van der Waals surface area contributed by atoms with Crippen LogP contribution in [0.3, 0.4) is 0 Å². The molecular weight excluding hydrogens is 354 g/mol. The van der Waals surface area contributed by atoms with Crippen molar-refractivity contribution in [3.8, 4) is 0 Å². The number of hydrogen-bond donors (Lipinski definition) is 3. The Morgan fingerprint density at radius 2 is 1.43 bits per heavy atom. The predicted molar refractivity (Wildman–Crippen MR) is 112 cm³/mol. The van der Waals surface area contributed by atoms with Gasteiger partial charge in [-0.1, -0.05) is 27.2 Å². The molecule has 6 heteroatoms. The van der Waals surface area contributed by atoms with Crippen LogP contribution in [0.1, 0.15) is 77.1 Å². The zero-order valence-corrected chi connectivity index (χ0v) is 17.6. The molecule has 6 nitrogen and oxygen atoms in total. The molecule has 1 aromatic rings. The van der Waals surface area contributed by atoms with Crippen LogP contribution in [0.5, 0.6) is 0 Å². The third-order valence-corrected chi connectivity index (χ3v) is 5.91. The highest BCUT2D eigenvalue weighted by molar-refractivity contribution is 6.00. The second-order valence-corrected chi connectivity index (χ2v) is 8.53. The van der Waals surface area contributed by atoms with Gasteiger partial charge in [-0.3, -0.25) is 14.4 Å². The second-order valence-electron chi connectivity index (χ2n) is 8.53. The van der Waals surface area contributed by atoms with E-state index >= 15 is 0 Å². The molecule has 0 atom stereocenters. The van der Waals surface area contributed by atoms with E-state index in [9.17, 15) is 14.4 Å². The molecule has 1 fully saturated rings. The van der Waals surface area contributed by atoms with E-state index in [0.717, 1.165) is 32.1 Å². The van der Waals surface area contributed by atoms with E-state index < -0.39 is 0 Å². The highest BCUT2D eigenvalue weighted by atomic mass is 16.2. The number of nitrogens with one attached hydrogen (secondary N) is 3. The predicted octanol–water partition coefficient (Wildman–Crippen LogP) is 4.33. The Hall–Kier alpha value is -2.37. The molecule has 0 radical (unpaired) electrons. The van der Waals surface area contributed by atoms with Crippen LogP contribution < -0.4 is 16.0 Å². The zero-order chi connectivity index (χ0) is 20.9. The molecule has 3 amide bonds. The second kappa shape index (κ2) is 9.22. The lowest BCUT2D eigenvalue weighted by Crippen LogP contribution is -2.40. The summed E-state index contributed by atoms with van der Waals surface area (Å²) < 4.78 is 0. The first-order valence-electron chi connectivity index (χ1n) is 10.1. The van der Waals surface area contributed by atoms with Crippen molar-refractivity contribution in [1.29, 1.82) is 0 Å². The number of carbonyl (C=O) groups excluding carboxylic acids is 3. The molecule has 1 saturated carbocycles. The Labute approximate surface area is 167 Å². The monoisotopic (exact) mass is 387 g/mol. The fourth-order valence-electron chi connectivity index (χ4n) is 3.89. The third-order valence-electron chi connectivity index (χ3n) is 5.91. The first kappa shape index (κ1) is 21.9. The minimum Gasteiger partial charge on any atom is -0.349 e. The van der Waals surface area contributed by atoms with Crippen molar-refractivity contribution < 1.29 is 14.4 Å². The summed E-state index contributed by atoms with van der Waals surface area (Å²) in [6, 6.07) is 5.06. The Morgan fingerprint density at radius 1 is 0.929 bits per heavy atom. The van der Waals surface area contributed by atoms with Gasteiger partial charge in [0.1, 0.15) is 0 Å². The quantitative estimate of drug-likeness (QED) is 0.679. The molecule has 0 saturated heterocycles. The summed E-state index contributed by atoms with van der Waals surface area (Å²) in [6.07, 6.45) is 5.35. The number of amides is 3. The maximum Gasteiger partial charge on any atom is 0.251 e. The third kappa shape index (κ3) is 6.08. The van der Waals surface area contributed by atoms with Gasteiger partial charge in [0.2, 0.25) is 11.8 Å². The van der Waals surface area contributed by atoms with Crippen LogP contribution in [0, 0.1) is 11.3 Å². The smallest absolute Gasteiger partial charge is 0.251 e. The van der Waals surface area contributed by atoms with Gasteiger partial charge in [-0.2, -0.15) is 0 Å². The molecule has 2 rings (SSSR count).